The molecule has 1 amide bonds. The molecular formula is C29H31N5O4S. The third-order valence-corrected chi connectivity index (χ3v) is 7.89. The van der Waals surface area contributed by atoms with Crippen LogP contribution < -0.4 is 20.7 Å². The Labute approximate surface area is 228 Å². The van der Waals surface area contributed by atoms with E-state index in [-0.39, 0.29) is 17.5 Å². The van der Waals surface area contributed by atoms with Gasteiger partial charge in [-0.3, -0.25) is 4.57 Å². The van der Waals surface area contributed by atoms with E-state index in [1.54, 1.807) is 30.5 Å². The van der Waals surface area contributed by atoms with Crippen LogP contribution in [-0.2, 0) is 9.84 Å². The molecule has 0 radical (unpaired) electrons. The predicted octanol–water partition coefficient (Wildman–Crippen LogP) is 3.73. The number of nitrogens with zero attached hydrogens (tertiary/aromatic N) is 3. The van der Waals surface area contributed by atoms with E-state index < -0.39 is 15.9 Å². The van der Waals surface area contributed by atoms with Crippen molar-refractivity contribution in [2.75, 3.05) is 37.3 Å². The van der Waals surface area contributed by atoms with Gasteiger partial charge in [-0.1, -0.05) is 30.3 Å². The number of rotatable bonds is 9. The first-order chi connectivity index (χ1) is 18.8. The summed E-state index contributed by atoms with van der Waals surface area (Å²) in [5, 5.41) is 2.99. The first-order valence-corrected chi connectivity index (χ1v) is 14.6. The second-order valence-electron chi connectivity index (χ2n) is 9.67. The third kappa shape index (κ3) is 6.30. The van der Waals surface area contributed by atoms with E-state index in [2.05, 4.69) is 27.3 Å². The molecular weight excluding hydrogens is 514 g/mol. The molecule has 1 aromatic heterocycles. The molecule has 10 heteroatoms. The van der Waals surface area contributed by atoms with Gasteiger partial charge in [0.25, 0.3) is 0 Å². The molecule has 1 aliphatic rings. The Bertz CT molecular complexity index is 1510. The summed E-state index contributed by atoms with van der Waals surface area (Å²) < 4.78 is 30.9. The van der Waals surface area contributed by atoms with Crippen molar-refractivity contribution in [1.29, 1.82) is 0 Å². The van der Waals surface area contributed by atoms with Crippen LogP contribution in [0.4, 0.5) is 10.5 Å². The van der Waals surface area contributed by atoms with E-state index in [4.69, 9.17) is 10.5 Å². The Morgan fingerprint density at radius 3 is 2.38 bits per heavy atom. The molecule has 2 heterocycles. The number of ether oxygens (including phenoxy) is 1. The molecule has 0 unspecified atom stereocenters. The number of para-hydroxylation sites is 1. The highest BCUT2D eigenvalue weighted by atomic mass is 32.2. The van der Waals surface area contributed by atoms with Crippen molar-refractivity contribution in [3.63, 3.8) is 0 Å². The van der Waals surface area contributed by atoms with Gasteiger partial charge in [-0.15, -0.1) is 0 Å². The minimum Gasteiger partial charge on any atom is -0.484 e. The maximum Gasteiger partial charge on any atom is 0.326 e. The zero-order chi connectivity index (χ0) is 27.4. The van der Waals surface area contributed by atoms with E-state index in [1.165, 1.54) is 22.8 Å². The molecule has 9 nitrogen and oxygen atoms in total. The molecule has 4 aromatic rings. The summed E-state index contributed by atoms with van der Waals surface area (Å²) in [5.41, 5.74) is 9.42. The van der Waals surface area contributed by atoms with Gasteiger partial charge in [0, 0.05) is 55.8 Å². The van der Waals surface area contributed by atoms with Crippen LogP contribution in [-0.4, -0.2) is 56.4 Å². The van der Waals surface area contributed by atoms with Crippen LogP contribution in [0.15, 0.2) is 96.3 Å². The Kier molecular flexibility index (Phi) is 7.67. The van der Waals surface area contributed by atoms with Gasteiger partial charge in [-0.05, 0) is 54.1 Å². The van der Waals surface area contributed by atoms with Gasteiger partial charge in [0.1, 0.15) is 18.2 Å². The molecule has 202 valence electrons. The lowest BCUT2D eigenvalue weighted by molar-refractivity contribution is 0.214. The van der Waals surface area contributed by atoms with Gasteiger partial charge >= 0.3 is 6.03 Å². The lowest BCUT2D eigenvalue weighted by atomic mass is 9.99. The zero-order valence-electron chi connectivity index (χ0n) is 21.6. The predicted molar refractivity (Wildman–Crippen MR) is 151 cm³/mol. The standard InChI is InChI=1S/C29H31N5O4S/c1-39(36,37)26-13-9-23(10-14-26)28(15-30)38-25-11-7-22(8-12-25)27-19-34(20-32-27)29(35)31-16-21-17-33(18-21)24-5-3-2-4-6-24/h2-14,19-21,28H,15-18,30H2,1H3,(H,31,35)/t28-/m0/s1. The van der Waals surface area contributed by atoms with Crippen molar-refractivity contribution in [2.45, 2.75) is 11.0 Å². The molecule has 0 spiro atoms. The molecule has 0 saturated carbocycles. The Hall–Kier alpha value is -4.15. The van der Waals surface area contributed by atoms with E-state index in [0.717, 1.165) is 24.2 Å². The average Bonchev–Trinajstić information content (AvgIpc) is 3.42. The van der Waals surface area contributed by atoms with Crippen molar-refractivity contribution in [3.8, 4) is 17.0 Å². The van der Waals surface area contributed by atoms with E-state index >= 15 is 0 Å². The normalized spacial score (nSPS) is 14.5. The van der Waals surface area contributed by atoms with Crippen LogP contribution in [0.3, 0.4) is 0 Å². The van der Waals surface area contributed by atoms with Crippen molar-refractivity contribution in [1.82, 2.24) is 14.9 Å². The quantitative estimate of drug-likeness (QED) is 0.329. The molecule has 0 bridgehead atoms. The largest absolute Gasteiger partial charge is 0.484 e. The Morgan fingerprint density at radius 1 is 1.05 bits per heavy atom. The van der Waals surface area contributed by atoms with Crippen molar-refractivity contribution in [2.24, 2.45) is 11.7 Å². The monoisotopic (exact) mass is 545 g/mol. The fourth-order valence-electron chi connectivity index (χ4n) is 4.50. The minimum absolute atomic E-state index is 0.209. The van der Waals surface area contributed by atoms with Crippen LogP contribution in [0, 0.1) is 5.92 Å². The highest BCUT2D eigenvalue weighted by molar-refractivity contribution is 7.90. The van der Waals surface area contributed by atoms with E-state index in [9.17, 15) is 13.2 Å². The van der Waals surface area contributed by atoms with Gasteiger partial charge in [-0.25, -0.2) is 18.2 Å². The number of aromatic nitrogens is 2. The number of carbonyl (C=O) groups is 1. The number of anilines is 1. The molecule has 1 fully saturated rings. The molecule has 3 aromatic carbocycles. The lowest BCUT2D eigenvalue weighted by Gasteiger charge is -2.41. The molecule has 39 heavy (non-hydrogen) atoms. The summed E-state index contributed by atoms with van der Waals surface area (Å²) in [6.45, 7) is 2.68. The number of sulfone groups is 1. The van der Waals surface area contributed by atoms with Crippen molar-refractivity contribution in [3.05, 3.63) is 97.0 Å². The van der Waals surface area contributed by atoms with Gasteiger partial charge in [-0.2, -0.15) is 0 Å². The summed E-state index contributed by atoms with van der Waals surface area (Å²) >= 11 is 0. The van der Waals surface area contributed by atoms with E-state index in [0.29, 0.717) is 23.9 Å². The summed E-state index contributed by atoms with van der Waals surface area (Å²) in [7, 11) is -3.27. The third-order valence-electron chi connectivity index (χ3n) is 6.76. The Balaban J connectivity index is 1.14. The number of hydrogen-bond donors (Lipinski definition) is 2. The van der Waals surface area contributed by atoms with Crippen LogP contribution in [0.1, 0.15) is 11.7 Å². The maximum absolute atomic E-state index is 12.6. The van der Waals surface area contributed by atoms with Crippen LogP contribution in [0.5, 0.6) is 5.75 Å². The minimum atomic E-state index is -3.27. The van der Waals surface area contributed by atoms with Gasteiger partial charge in [0.15, 0.2) is 9.84 Å². The molecule has 1 aliphatic heterocycles. The van der Waals surface area contributed by atoms with Crippen LogP contribution in [0.2, 0.25) is 0 Å². The van der Waals surface area contributed by atoms with Crippen LogP contribution in [0.25, 0.3) is 11.3 Å². The average molecular weight is 546 g/mol. The highest BCUT2D eigenvalue weighted by Gasteiger charge is 2.27. The maximum atomic E-state index is 12.6. The van der Waals surface area contributed by atoms with Gasteiger partial charge < -0.3 is 20.7 Å². The topological polar surface area (TPSA) is 120 Å². The van der Waals surface area contributed by atoms with Crippen LogP contribution >= 0.6 is 0 Å². The van der Waals surface area contributed by atoms with Crippen molar-refractivity contribution >= 4 is 21.6 Å². The molecule has 5 rings (SSSR count). The fourth-order valence-corrected chi connectivity index (χ4v) is 5.14. The highest BCUT2D eigenvalue weighted by Crippen LogP contribution is 2.26. The zero-order valence-corrected chi connectivity index (χ0v) is 22.4. The van der Waals surface area contributed by atoms with Gasteiger partial charge in [0.2, 0.25) is 0 Å². The fraction of sp³-hybridized carbons (Fsp3) is 0.241. The number of carbonyl (C=O) groups excluding carboxylic acids is 1. The van der Waals surface area contributed by atoms with Gasteiger partial charge in [0.05, 0.1) is 10.6 Å². The smallest absolute Gasteiger partial charge is 0.326 e. The SMILES string of the molecule is CS(=O)(=O)c1ccc([C@H](CN)Oc2ccc(-c3cn(C(=O)NCC4CN(c5ccccc5)C4)cn3)cc2)cc1. The Morgan fingerprint density at radius 2 is 1.74 bits per heavy atom. The summed E-state index contributed by atoms with van der Waals surface area (Å²) in [5.74, 6) is 1.03. The molecule has 3 N–H and O–H groups in total. The number of hydrogen-bond acceptors (Lipinski definition) is 7. The molecule has 1 saturated heterocycles. The number of imidazole rings is 1. The first-order valence-electron chi connectivity index (χ1n) is 12.7. The molecule has 0 aliphatic carbocycles. The number of nitrogens with two attached hydrogens (primary N) is 1. The lowest BCUT2D eigenvalue weighted by Crippen LogP contribution is -2.51. The number of amides is 1. The summed E-state index contributed by atoms with van der Waals surface area (Å²) in [6.07, 6.45) is 3.96. The second kappa shape index (κ2) is 11.3. The summed E-state index contributed by atoms with van der Waals surface area (Å²) in [4.78, 5) is 19.6. The van der Waals surface area contributed by atoms with E-state index in [1.807, 2.05) is 42.5 Å². The molecule has 1 atom stereocenters. The number of nitrogens with one attached hydrogen (secondary N) is 1. The number of benzene rings is 3. The van der Waals surface area contributed by atoms with Crippen molar-refractivity contribution < 1.29 is 17.9 Å². The second-order valence-corrected chi connectivity index (χ2v) is 11.7. The summed E-state index contributed by atoms with van der Waals surface area (Å²) in [6, 6.07) is 23.9. The first kappa shape index (κ1) is 26.5.